The van der Waals surface area contributed by atoms with E-state index in [2.05, 4.69) is 76.0 Å². The van der Waals surface area contributed by atoms with Crippen LogP contribution in [0.4, 0.5) is 0 Å². The Labute approximate surface area is 113 Å². The zero-order valence-electron chi connectivity index (χ0n) is 8.84. The molecule has 0 atom stereocenters. The van der Waals surface area contributed by atoms with Gasteiger partial charge in [0.15, 0.2) is 0 Å². The molecule has 0 spiro atoms. The molecule has 0 unspecified atom stereocenters. The predicted octanol–water partition coefficient (Wildman–Crippen LogP) is 5.58. The van der Waals surface area contributed by atoms with Gasteiger partial charge < -0.3 is 0 Å². The Hall–Kier alpha value is 0.270. The highest BCUT2D eigenvalue weighted by atomic mass is 79.9. The van der Waals surface area contributed by atoms with Crippen molar-refractivity contribution >= 4 is 43.6 Å². The topological polar surface area (TPSA) is 0 Å². The zero-order valence-corrected chi connectivity index (χ0v) is 12.8. The minimum atomic E-state index is 0.170. The van der Waals surface area contributed by atoms with Crippen molar-refractivity contribution < 1.29 is 0 Å². The van der Waals surface area contributed by atoms with E-state index in [4.69, 9.17) is 0 Å². The fourth-order valence-corrected chi connectivity index (χ4v) is 2.54. The van der Waals surface area contributed by atoms with Gasteiger partial charge in [0.2, 0.25) is 0 Å². The highest BCUT2D eigenvalue weighted by molar-refractivity contribution is 9.14. The van der Waals surface area contributed by atoms with E-state index in [-0.39, 0.29) is 4.32 Å². The van der Waals surface area contributed by atoms with Crippen LogP contribution in [0, 0.1) is 0 Å². The number of hydrogen-bond acceptors (Lipinski definition) is 1. The van der Waals surface area contributed by atoms with Gasteiger partial charge in [-0.05, 0) is 48.3 Å². The second-order valence-electron chi connectivity index (χ2n) is 3.85. The van der Waals surface area contributed by atoms with Crippen LogP contribution in [0.5, 0.6) is 0 Å². The maximum atomic E-state index is 3.62. The summed E-state index contributed by atoms with van der Waals surface area (Å²) in [5, 5.41) is 0. The lowest BCUT2D eigenvalue weighted by molar-refractivity contribution is 0.744. The molecule has 1 aromatic carbocycles. The van der Waals surface area contributed by atoms with Gasteiger partial charge in [-0.15, -0.1) is 0 Å². The number of benzene rings is 1. The van der Waals surface area contributed by atoms with Gasteiger partial charge in [-0.3, -0.25) is 0 Å². The van der Waals surface area contributed by atoms with Crippen molar-refractivity contribution in [2.45, 2.75) is 29.5 Å². The Balaban J connectivity index is 2.53. The summed E-state index contributed by atoms with van der Waals surface area (Å²) in [4.78, 5) is 1.26. The molecule has 0 fully saturated rings. The van der Waals surface area contributed by atoms with Crippen molar-refractivity contribution in [2.24, 2.45) is 0 Å². The SMILES string of the molecule is CC(C)(Br)C/C=C(/Br)Sc1ccccc1. The molecular formula is C12H14Br2S. The summed E-state index contributed by atoms with van der Waals surface area (Å²) in [6.45, 7) is 4.33. The minimum absolute atomic E-state index is 0.170. The molecule has 0 aliphatic heterocycles. The van der Waals surface area contributed by atoms with Crippen molar-refractivity contribution in [3.05, 3.63) is 40.2 Å². The first-order chi connectivity index (χ1) is 6.97. The molecule has 0 aliphatic carbocycles. The van der Waals surface area contributed by atoms with E-state index in [1.165, 1.54) is 8.71 Å². The van der Waals surface area contributed by atoms with E-state index in [9.17, 15) is 0 Å². The number of rotatable bonds is 4. The molecule has 15 heavy (non-hydrogen) atoms. The molecule has 0 radical (unpaired) electrons. The van der Waals surface area contributed by atoms with Crippen LogP contribution < -0.4 is 0 Å². The summed E-state index contributed by atoms with van der Waals surface area (Å²) < 4.78 is 1.34. The summed E-state index contributed by atoms with van der Waals surface area (Å²) in [6, 6.07) is 10.4. The molecule has 3 heteroatoms. The largest absolute Gasteiger partial charge is 0.0856 e. The first kappa shape index (κ1) is 13.3. The number of hydrogen-bond donors (Lipinski definition) is 0. The maximum absolute atomic E-state index is 3.62. The molecule has 0 saturated heterocycles. The van der Waals surface area contributed by atoms with Crippen LogP contribution in [-0.2, 0) is 0 Å². The Bertz CT molecular complexity index is 325. The third-order valence-corrected chi connectivity index (χ3v) is 3.71. The number of allylic oxidation sites excluding steroid dienone is 1. The van der Waals surface area contributed by atoms with Crippen LogP contribution in [0.3, 0.4) is 0 Å². The van der Waals surface area contributed by atoms with Gasteiger partial charge in [0.05, 0.1) is 3.81 Å². The van der Waals surface area contributed by atoms with Gasteiger partial charge in [0.25, 0.3) is 0 Å². The maximum Gasteiger partial charge on any atom is 0.0512 e. The number of halogens is 2. The average Bonchev–Trinajstić information content (AvgIpc) is 2.15. The van der Waals surface area contributed by atoms with Crippen molar-refractivity contribution in [3.8, 4) is 0 Å². The normalized spacial score (nSPS) is 12.9. The van der Waals surface area contributed by atoms with Gasteiger partial charge >= 0.3 is 0 Å². The average molecular weight is 350 g/mol. The second kappa shape index (κ2) is 6.12. The summed E-state index contributed by atoms with van der Waals surface area (Å²) in [5.41, 5.74) is 0. The van der Waals surface area contributed by atoms with Gasteiger partial charge in [-0.25, -0.2) is 0 Å². The van der Waals surface area contributed by atoms with Gasteiger partial charge in [0, 0.05) is 9.22 Å². The van der Waals surface area contributed by atoms with Gasteiger partial charge in [-0.1, -0.05) is 52.0 Å². The van der Waals surface area contributed by atoms with Crippen LogP contribution >= 0.6 is 43.6 Å². The van der Waals surface area contributed by atoms with Crippen molar-refractivity contribution in [1.82, 2.24) is 0 Å². The van der Waals surface area contributed by atoms with E-state index in [0.717, 1.165) is 6.42 Å². The third-order valence-electron chi connectivity index (χ3n) is 1.71. The lowest BCUT2D eigenvalue weighted by atomic mass is 10.1. The molecule has 0 heterocycles. The summed E-state index contributed by atoms with van der Waals surface area (Å²) in [5.74, 6) is 0. The zero-order chi connectivity index (χ0) is 11.3. The van der Waals surface area contributed by atoms with Crippen molar-refractivity contribution in [2.75, 3.05) is 0 Å². The second-order valence-corrected chi connectivity index (χ2v) is 8.49. The molecule has 0 aromatic heterocycles. The lowest BCUT2D eigenvalue weighted by Crippen LogP contribution is -2.06. The van der Waals surface area contributed by atoms with Crippen LogP contribution in [0.1, 0.15) is 20.3 Å². The Morgan fingerprint density at radius 2 is 1.93 bits per heavy atom. The van der Waals surface area contributed by atoms with E-state index < -0.39 is 0 Å². The number of thioether (sulfide) groups is 1. The fourth-order valence-electron chi connectivity index (χ4n) is 0.966. The summed E-state index contributed by atoms with van der Waals surface area (Å²) in [6.07, 6.45) is 3.21. The van der Waals surface area contributed by atoms with Gasteiger partial charge in [-0.2, -0.15) is 0 Å². The molecule has 0 saturated carbocycles. The van der Waals surface area contributed by atoms with Crippen molar-refractivity contribution in [3.63, 3.8) is 0 Å². The van der Waals surface area contributed by atoms with E-state index in [1.54, 1.807) is 11.8 Å². The molecule has 1 rings (SSSR count). The minimum Gasteiger partial charge on any atom is -0.0856 e. The Morgan fingerprint density at radius 1 is 1.33 bits per heavy atom. The quantitative estimate of drug-likeness (QED) is 0.505. The highest BCUT2D eigenvalue weighted by Crippen LogP contribution is 2.32. The van der Waals surface area contributed by atoms with Crippen LogP contribution in [0.25, 0.3) is 0 Å². The van der Waals surface area contributed by atoms with E-state index in [1.807, 2.05) is 6.07 Å². The van der Waals surface area contributed by atoms with Crippen LogP contribution in [-0.4, -0.2) is 4.32 Å². The smallest absolute Gasteiger partial charge is 0.0512 e. The third kappa shape index (κ3) is 6.44. The predicted molar refractivity (Wildman–Crippen MR) is 76.9 cm³/mol. The monoisotopic (exact) mass is 348 g/mol. The first-order valence-corrected chi connectivity index (χ1v) is 7.15. The standard InChI is InChI=1S/C12H14Br2S/c1-12(2,14)9-8-11(13)15-10-6-4-3-5-7-10/h3-8H,9H2,1-2H3/b11-8-. The lowest BCUT2D eigenvalue weighted by Gasteiger charge is -2.12. The van der Waals surface area contributed by atoms with Crippen molar-refractivity contribution in [1.29, 1.82) is 0 Å². The highest BCUT2D eigenvalue weighted by Gasteiger charge is 2.10. The Kier molecular flexibility index (Phi) is 5.44. The molecule has 0 nitrogen and oxygen atoms in total. The van der Waals surface area contributed by atoms with Crippen LogP contribution in [0.15, 0.2) is 45.1 Å². The molecule has 82 valence electrons. The van der Waals surface area contributed by atoms with E-state index >= 15 is 0 Å². The van der Waals surface area contributed by atoms with Gasteiger partial charge in [0.1, 0.15) is 0 Å². The molecule has 0 amide bonds. The van der Waals surface area contributed by atoms with Crippen LogP contribution in [0.2, 0.25) is 0 Å². The van der Waals surface area contributed by atoms with E-state index in [0.29, 0.717) is 0 Å². The molecule has 0 bridgehead atoms. The Morgan fingerprint density at radius 3 is 2.47 bits per heavy atom. The molecule has 0 aliphatic rings. The molecule has 0 N–H and O–H groups in total. The molecule has 1 aromatic rings. The summed E-state index contributed by atoms with van der Waals surface area (Å²) in [7, 11) is 0. The first-order valence-electron chi connectivity index (χ1n) is 4.75. The summed E-state index contributed by atoms with van der Waals surface area (Å²) >= 11 is 8.93. The number of alkyl halides is 1. The fraction of sp³-hybridized carbons (Fsp3) is 0.333. The molecular weight excluding hydrogens is 336 g/mol.